The molecule has 4 heteroatoms. The number of para-hydroxylation sites is 2. The fourth-order valence-corrected chi connectivity index (χ4v) is 1.63. The van der Waals surface area contributed by atoms with E-state index in [4.69, 9.17) is 0 Å². The molecule has 1 aromatic carbocycles. The van der Waals surface area contributed by atoms with Crippen LogP contribution >= 0.6 is 0 Å². The van der Waals surface area contributed by atoms with Crippen LogP contribution in [0.15, 0.2) is 49.2 Å². The number of hydrogen-bond donors (Lipinski definition) is 1. The zero-order chi connectivity index (χ0) is 10.1. The van der Waals surface area contributed by atoms with E-state index in [2.05, 4.69) is 15.0 Å². The zero-order valence-corrected chi connectivity index (χ0v) is 7.96. The number of H-pyrrole nitrogens is 1. The Labute approximate surface area is 86.2 Å². The molecule has 0 aliphatic rings. The van der Waals surface area contributed by atoms with Crippen LogP contribution in [0, 0.1) is 0 Å². The molecule has 0 saturated carbocycles. The van der Waals surface area contributed by atoms with E-state index in [1.54, 1.807) is 12.5 Å². The lowest BCUT2D eigenvalue weighted by molar-refractivity contribution is -0.571. The van der Waals surface area contributed by atoms with Crippen molar-refractivity contribution in [2.24, 2.45) is 0 Å². The van der Waals surface area contributed by atoms with Crippen LogP contribution in [-0.2, 0) is 0 Å². The lowest BCUT2D eigenvalue weighted by atomic mass is 10.3. The molecule has 2 heterocycles. The molecule has 0 aliphatic carbocycles. The molecule has 0 amide bonds. The Bertz CT molecular complexity index is 586. The first-order valence-electron chi connectivity index (χ1n) is 4.69. The molecule has 0 spiro atoms. The van der Waals surface area contributed by atoms with Crippen molar-refractivity contribution in [3.05, 3.63) is 49.2 Å². The van der Waals surface area contributed by atoms with Crippen LogP contribution in [0.2, 0.25) is 0 Å². The second-order valence-electron chi connectivity index (χ2n) is 3.23. The number of nitrogens with one attached hydrogen (secondary N) is 1. The van der Waals surface area contributed by atoms with E-state index in [1.807, 2.05) is 41.2 Å². The number of hydrogen-bond acceptors (Lipinski definition) is 2. The molecular formula is C11H9N4+. The molecular weight excluding hydrogens is 188 g/mol. The summed E-state index contributed by atoms with van der Waals surface area (Å²) in [4.78, 5) is 11.3. The quantitative estimate of drug-likeness (QED) is 0.596. The standard InChI is InChI=1S/C11H8N4/c1-2-4-10-9(3-1)14-8-15(10)11-5-6-12-7-13-11/h1-8H/p+1. The van der Waals surface area contributed by atoms with Gasteiger partial charge in [-0.3, -0.25) is 4.98 Å². The van der Waals surface area contributed by atoms with E-state index in [9.17, 15) is 0 Å². The molecule has 15 heavy (non-hydrogen) atoms. The van der Waals surface area contributed by atoms with Crippen molar-refractivity contribution in [2.75, 3.05) is 0 Å². The van der Waals surface area contributed by atoms with Crippen LogP contribution in [0.5, 0.6) is 0 Å². The van der Waals surface area contributed by atoms with E-state index in [-0.39, 0.29) is 0 Å². The molecule has 0 aliphatic heterocycles. The summed E-state index contributed by atoms with van der Waals surface area (Å²) in [7, 11) is 0. The third-order valence-corrected chi connectivity index (χ3v) is 2.33. The molecule has 3 rings (SSSR count). The van der Waals surface area contributed by atoms with Gasteiger partial charge in [-0.2, -0.15) is 4.57 Å². The van der Waals surface area contributed by atoms with Crippen molar-refractivity contribution >= 4 is 11.0 Å². The summed E-state index contributed by atoms with van der Waals surface area (Å²) in [5, 5.41) is 0. The van der Waals surface area contributed by atoms with Crippen LogP contribution in [0.3, 0.4) is 0 Å². The van der Waals surface area contributed by atoms with E-state index in [1.165, 1.54) is 0 Å². The normalized spacial score (nSPS) is 10.7. The van der Waals surface area contributed by atoms with Gasteiger partial charge in [-0.05, 0) is 12.1 Å². The van der Waals surface area contributed by atoms with Crippen molar-refractivity contribution in [1.29, 1.82) is 0 Å². The number of aromatic nitrogens is 4. The second-order valence-corrected chi connectivity index (χ2v) is 3.23. The maximum absolute atomic E-state index is 4.20. The van der Waals surface area contributed by atoms with Crippen LogP contribution in [-0.4, -0.2) is 15.0 Å². The number of imidazole rings is 1. The predicted molar refractivity (Wildman–Crippen MR) is 55.4 cm³/mol. The summed E-state index contributed by atoms with van der Waals surface area (Å²) in [6.07, 6.45) is 5.17. The molecule has 0 radical (unpaired) electrons. The lowest BCUT2D eigenvalue weighted by Gasteiger charge is -1.92. The minimum Gasteiger partial charge on any atom is -0.276 e. The summed E-state index contributed by atoms with van der Waals surface area (Å²) in [6, 6.07) is 9.97. The third-order valence-electron chi connectivity index (χ3n) is 2.33. The molecule has 1 N–H and O–H groups in total. The monoisotopic (exact) mass is 197 g/mol. The summed E-state index contributed by atoms with van der Waals surface area (Å²) in [5.41, 5.74) is 2.20. The number of fused-ring (bicyclic) bond motifs is 1. The maximum Gasteiger partial charge on any atom is 0.270 e. The zero-order valence-electron chi connectivity index (χ0n) is 7.96. The summed E-state index contributed by atoms with van der Waals surface area (Å²) >= 11 is 0. The van der Waals surface area contributed by atoms with Gasteiger partial charge in [0.1, 0.15) is 11.0 Å². The molecule has 2 aromatic heterocycles. The Hall–Kier alpha value is -2.23. The molecule has 0 unspecified atom stereocenters. The summed E-state index contributed by atoms with van der Waals surface area (Å²) < 4.78 is 2.00. The SMILES string of the molecule is c1ccc2c(c1)[nH]c[n+]2-c1ccncn1. The molecule has 3 aromatic rings. The highest BCUT2D eigenvalue weighted by Crippen LogP contribution is 2.07. The van der Waals surface area contributed by atoms with E-state index in [0.29, 0.717) is 0 Å². The lowest BCUT2D eigenvalue weighted by Crippen LogP contribution is -2.29. The molecule has 0 atom stereocenters. The van der Waals surface area contributed by atoms with Gasteiger partial charge in [0.25, 0.3) is 5.82 Å². The molecule has 0 bridgehead atoms. The predicted octanol–water partition coefficient (Wildman–Crippen LogP) is 1.23. The summed E-state index contributed by atoms with van der Waals surface area (Å²) in [6.45, 7) is 0. The molecule has 0 fully saturated rings. The van der Waals surface area contributed by atoms with Crippen molar-refractivity contribution in [1.82, 2.24) is 15.0 Å². The van der Waals surface area contributed by atoms with Crippen LogP contribution in [0.4, 0.5) is 0 Å². The first kappa shape index (κ1) is 8.11. The topological polar surface area (TPSA) is 45.5 Å². The Morgan fingerprint density at radius 2 is 2.07 bits per heavy atom. The largest absolute Gasteiger partial charge is 0.276 e. The Morgan fingerprint density at radius 3 is 2.93 bits per heavy atom. The molecule has 72 valence electrons. The van der Waals surface area contributed by atoms with E-state index >= 15 is 0 Å². The fourth-order valence-electron chi connectivity index (χ4n) is 1.63. The van der Waals surface area contributed by atoms with Crippen molar-refractivity contribution in [3.8, 4) is 5.82 Å². The minimum atomic E-state index is 0.863. The van der Waals surface area contributed by atoms with Gasteiger partial charge < -0.3 is 0 Å². The Balaban J connectivity index is 2.28. The summed E-state index contributed by atoms with van der Waals surface area (Å²) in [5.74, 6) is 0.863. The number of aromatic amines is 1. The van der Waals surface area contributed by atoms with Gasteiger partial charge in [-0.1, -0.05) is 17.1 Å². The van der Waals surface area contributed by atoms with Crippen molar-refractivity contribution in [2.45, 2.75) is 0 Å². The van der Waals surface area contributed by atoms with Gasteiger partial charge in [-0.15, -0.1) is 0 Å². The third kappa shape index (κ3) is 1.27. The average molecular weight is 197 g/mol. The van der Waals surface area contributed by atoms with Crippen LogP contribution in [0.1, 0.15) is 0 Å². The number of rotatable bonds is 1. The Morgan fingerprint density at radius 1 is 1.13 bits per heavy atom. The van der Waals surface area contributed by atoms with Gasteiger partial charge >= 0.3 is 0 Å². The fraction of sp³-hybridized carbons (Fsp3) is 0. The number of benzene rings is 1. The highest BCUT2D eigenvalue weighted by Gasteiger charge is 2.10. The molecule has 4 nitrogen and oxygen atoms in total. The van der Waals surface area contributed by atoms with Crippen molar-refractivity contribution in [3.63, 3.8) is 0 Å². The van der Waals surface area contributed by atoms with Gasteiger partial charge in [0.15, 0.2) is 12.7 Å². The maximum atomic E-state index is 4.20. The second kappa shape index (κ2) is 3.16. The van der Waals surface area contributed by atoms with Crippen LogP contribution in [0.25, 0.3) is 16.9 Å². The Kier molecular flexibility index (Phi) is 1.71. The van der Waals surface area contributed by atoms with Crippen LogP contribution < -0.4 is 4.57 Å². The van der Waals surface area contributed by atoms with E-state index in [0.717, 1.165) is 16.9 Å². The average Bonchev–Trinajstić information content (AvgIpc) is 2.74. The van der Waals surface area contributed by atoms with Gasteiger partial charge in [0.05, 0.1) is 0 Å². The van der Waals surface area contributed by atoms with Gasteiger partial charge in [0.2, 0.25) is 0 Å². The first-order chi connectivity index (χ1) is 7.45. The van der Waals surface area contributed by atoms with E-state index < -0.39 is 0 Å². The highest BCUT2D eigenvalue weighted by molar-refractivity contribution is 5.70. The smallest absolute Gasteiger partial charge is 0.270 e. The van der Waals surface area contributed by atoms with Gasteiger partial charge in [0, 0.05) is 12.3 Å². The first-order valence-corrected chi connectivity index (χ1v) is 4.69. The highest BCUT2D eigenvalue weighted by atomic mass is 15.1. The number of nitrogens with zero attached hydrogens (tertiary/aromatic N) is 3. The molecule has 0 saturated heterocycles. The van der Waals surface area contributed by atoms with Gasteiger partial charge in [-0.25, -0.2) is 4.98 Å². The van der Waals surface area contributed by atoms with Crippen molar-refractivity contribution < 1.29 is 4.57 Å². The minimum absolute atomic E-state index is 0.863.